The number of nitrogens with zero attached hydrogens (tertiary/aromatic N) is 3. The number of hydrogen-bond donors (Lipinski definition) is 1. The quantitative estimate of drug-likeness (QED) is 0.259. The van der Waals surface area contributed by atoms with Gasteiger partial charge in [0.15, 0.2) is 5.17 Å². The van der Waals surface area contributed by atoms with Crippen LogP contribution < -0.4 is 10.1 Å². The molecule has 7 nitrogen and oxygen atoms in total. The van der Waals surface area contributed by atoms with E-state index in [-0.39, 0.29) is 24.3 Å². The largest absolute Gasteiger partial charge is 0.489 e. The Balaban J connectivity index is 1.45. The van der Waals surface area contributed by atoms with Crippen LogP contribution in [0.25, 0.3) is 0 Å². The molecule has 0 bridgehead atoms. The van der Waals surface area contributed by atoms with Gasteiger partial charge >= 0.3 is 0 Å². The van der Waals surface area contributed by atoms with Gasteiger partial charge in [-0.25, -0.2) is 4.99 Å². The van der Waals surface area contributed by atoms with Gasteiger partial charge in [0.05, 0.1) is 29.8 Å². The number of likely N-dealkylation sites (N-methyl/N-ethyl adjacent to an activating group) is 1. The number of carbonyl (C=O) groups excluding carboxylic acids is 2. The number of aliphatic imine (C=N–C) groups is 1. The maximum absolute atomic E-state index is 14.0. The lowest BCUT2D eigenvalue weighted by molar-refractivity contribution is -0.127. The molecule has 43 heavy (non-hydrogen) atoms. The molecule has 2 amide bonds. The highest BCUT2D eigenvalue weighted by molar-refractivity contribution is 8.16. The van der Waals surface area contributed by atoms with Crippen molar-refractivity contribution in [1.29, 1.82) is 0 Å². The molecule has 2 atom stereocenters. The normalized spacial score (nSPS) is 16.7. The van der Waals surface area contributed by atoms with Crippen LogP contribution in [0.5, 0.6) is 5.75 Å². The first-order chi connectivity index (χ1) is 20.9. The first kappa shape index (κ1) is 30.2. The van der Waals surface area contributed by atoms with Gasteiger partial charge in [0.25, 0.3) is 5.91 Å². The molecule has 222 valence electrons. The zero-order chi connectivity index (χ0) is 30.3. The van der Waals surface area contributed by atoms with E-state index in [1.807, 2.05) is 123 Å². The Hall–Kier alpha value is -4.30. The van der Waals surface area contributed by atoms with Gasteiger partial charge in [-0.3, -0.25) is 9.59 Å². The molecule has 0 aromatic heterocycles. The van der Waals surface area contributed by atoms with Crippen LogP contribution in [0.1, 0.15) is 62.9 Å². The Kier molecular flexibility index (Phi) is 9.67. The summed E-state index contributed by atoms with van der Waals surface area (Å²) in [6, 6.07) is 27.3. The number of allylic oxidation sites excluding steroid dienone is 1. The Morgan fingerprint density at radius 1 is 1.00 bits per heavy atom. The number of nitrogens with one attached hydrogen (secondary N) is 1. The standard InChI is InChI=1S/C35H38N4O3S/c1-5-38(6-2)34(41)32-25(4)37-35-39(29(23-43-35)21-31(40)36-24(3)27-16-11-8-12-17-27)33(32)28-18-13-19-30(20-28)42-22-26-14-9-7-10-15-26/h7-20,23-24,33H,5-6,21-22H2,1-4H3,(H,36,40). The third-order valence-electron chi connectivity index (χ3n) is 7.72. The zero-order valence-electron chi connectivity index (χ0n) is 25.1. The van der Waals surface area contributed by atoms with Crippen LogP contribution in [0.2, 0.25) is 0 Å². The summed E-state index contributed by atoms with van der Waals surface area (Å²) in [4.78, 5) is 36.1. The number of amidine groups is 1. The molecule has 3 aromatic carbocycles. The molecule has 2 heterocycles. The average molecular weight is 595 g/mol. The zero-order valence-corrected chi connectivity index (χ0v) is 25.9. The lowest BCUT2D eigenvalue weighted by atomic mass is 9.92. The molecule has 0 aliphatic carbocycles. The van der Waals surface area contributed by atoms with Gasteiger partial charge in [-0.1, -0.05) is 84.6 Å². The van der Waals surface area contributed by atoms with Gasteiger partial charge in [-0.05, 0) is 61.9 Å². The smallest absolute Gasteiger partial charge is 0.254 e. The third kappa shape index (κ3) is 6.86. The number of hydrogen-bond acceptors (Lipinski definition) is 6. The Morgan fingerprint density at radius 2 is 1.70 bits per heavy atom. The van der Waals surface area contributed by atoms with E-state index >= 15 is 0 Å². The highest BCUT2D eigenvalue weighted by Crippen LogP contribution is 2.45. The van der Waals surface area contributed by atoms with Crippen LogP contribution in [-0.4, -0.2) is 39.9 Å². The van der Waals surface area contributed by atoms with Crippen LogP contribution in [0.15, 0.2) is 112 Å². The van der Waals surface area contributed by atoms with Crippen molar-refractivity contribution < 1.29 is 14.3 Å². The van der Waals surface area contributed by atoms with E-state index in [1.165, 1.54) is 11.8 Å². The monoisotopic (exact) mass is 594 g/mol. The highest BCUT2D eigenvalue weighted by Gasteiger charge is 2.41. The van der Waals surface area contributed by atoms with Crippen LogP contribution >= 0.6 is 11.8 Å². The summed E-state index contributed by atoms with van der Waals surface area (Å²) in [6.45, 7) is 9.46. The number of amides is 2. The fourth-order valence-electron chi connectivity index (χ4n) is 5.44. The molecule has 0 saturated carbocycles. The molecule has 2 unspecified atom stereocenters. The van der Waals surface area contributed by atoms with Gasteiger partial charge in [0.2, 0.25) is 5.91 Å². The van der Waals surface area contributed by atoms with Crippen LogP contribution in [0, 0.1) is 0 Å². The molecular weight excluding hydrogens is 556 g/mol. The summed E-state index contributed by atoms with van der Waals surface area (Å²) < 4.78 is 6.18. The first-order valence-corrected chi connectivity index (χ1v) is 15.6. The first-order valence-electron chi connectivity index (χ1n) is 14.7. The van der Waals surface area contributed by atoms with Crippen molar-refractivity contribution in [1.82, 2.24) is 15.1 Å². The van der Waals surface area contributed by atoms with Crippen molar-refractivity contribution in [3.63, 3.8) is 0 Å². The summed E-state index contributed by atoms with van der Waals surface area (Å²) in [6.07, 6.45) is 0.162. The van der Waals surface area contributed by atoms with Gasteiger partial charge in [0.1, 0.15) is 12.4 Å². The Bertz CT molecular complexity index is 1550. The molecule has 8 heteroatoms. The van der Waals surface area contributed by atoms with Crippen molar-refractivity contribution >= 4 is 28.7 Å². The predicted molar refractivity (Wildman–Crippen MR) is 173 cm³/mol. The lowest BCUT2D eigenvalue weighted by Gasteiger charge is -2.38. The minimum atomic E-state index is -0.457. The van der Waals surface area contributed by atoms with Crippen molar-refractivity contribution in [2.75, 3.05) is 13.1 Å². The third-order valence-corrected chi connectivity index (χ3v) is 8.61. The molecule has 0 fully saturated rings. The second-order valence-electron chi connectivity index (χ2n) is 10.6. The Morgan fingerprint density at radius 3 is 2.40 bits per heavy atom. The minimum Gasteiger partial charge on any atom is -0.489 e. The number of ether oxygens (including phenoxy) is 1. The predicted octanol–water partition coefficient (Wildman–Crippen LogP) is 6.98. The Labute approximate surface area is 258 Å². The summed E-state index contributed by atoms with van der Waals surface area (Å²) in [7, 11) is 0. The summed E-state index contributed by atoms with van der Waals surface area (Å²) in [5.74, 6) is 0.569. The number of thioether (sulfide) groups is 1. The molecule has 1 N–H and O–H groups in total. The number of carbonyl (C=O) groups is 2. The fraction of sp³-hybridized carbons (Fsp3) is 0.286. The summed E-state index contributed by atoms with van der Waals surface area (Å²) >= 11 is 1.48. The topological polar surface area (TPSA) is 74.2 Å². The molecule has 2 aliphatic heterocycles. The van der Waals surface area contributed by atoms with Gasteiger partial charge in [-0.15, -0.1) is 0 Å². The van der Waals surface area contributed by atoms with Gasteiger partial charge < -0.3 is 19.9 Å². The SMILES string of the molecule is CCN(CC)C(=O)C1=C(C)N=C2SC=C(CC(=O)NC(C)c3ccccc3)N2C1c1cccc(OCc2ccccc2)c1. The van der Waals surface area contributed by atoms with Crippen molar-refractivity contribution in [3.8, 4) is 5.75 Å². The second-order valence-corrected chi connectivity index (χ2v) is 11.4. The van der Waals surface area contributed by atoms with Crippen LogP contribution in [0.4, 0.5) is 0 Å². The van der Waals surface area contributed by atoms with E-state index in [2.05, 4.69) is 10.2 Å². The number of rotatable bonds is 11. The molecule has 5 rings (SSSR count). The maximum Gasteiger partial charge on any atom is 0.254 e. The fourth-order valence-corrected chi connectivity index (χ4v) is 6.40. The average Bonchev–Trinajstić information content (AvgIpc) is 3.42. The van der Waals surface area contributed by atoms with Gasteiger partial charge in [0, 0.05) is 18.8 Å². The molecule has 0 spiro atoms. The molecule has 2 aliphatic rings. The van der Waals surface area contributed by atoms with E-state index in [9.17, 15) is 9.59 Å². The molecule has 0 radical (unpaired) electrons. The van der Waals surface area contributed by atoms with E-state index < -0.39 is 6.04 Å². The summed E-state index contributed by atoms with van der Waals surface area (Å²) in [5.41, 5.74) is 5.12. The number of benzene rings is 3. The summed E-state index contributed by atoms with van der Waals surface area (Å²) in [5, 5.41) is 5.87. The molecule has 3 aromatic rings. The highest BCUT2D eigenvalue weighted by atomic mass is 32.2. The lowest BCUT2D eigenvalue weighted by Crippen LogP contribution is -2.42. The van der Waals surface area contributed by atoms with E-state index in [0.717, 1.165) is 27.6 Å². The van der Waals surface area contributed by atoms with Crippen molar-refractivity contribution in [2.24, 2.45) is 4.99 Å². The van der Waals surface area contributed by atoms with E-state index in [0.29, 0.717) is 36.7 Å². The number of fused-ring (bicyclic) bond motifs is 1. The molecule has 0 saturated heterocycles. The van der Waals surface area contributed by atoms with Crippen molar-refractivity contribution in [3.05, 3.63) is 124 Å². The molecular formula is C35H38N4O3S. The second kappa shape index (κ2) is 13.8. The van der Waals surface area contributed by atoms with Gasteiger partial charge in [-0.2, -0.15) is 0 Å². The maximum atomic E-state index is 14.0. The minimum absolute atomic E-state index is 0.0516. The van der Waals surface area contributed by atoms with E-state index in [4.69, 9.17) is 9.73 Å². The van der Waals surface area contributed by atoms with Crippen LogP contribution in [-0.2, 0) is 16.2 Å². The van der Waals surface area contributed by atoms with E-state index in [1.54, 1.807) is 0 Å². The van der Waals surface area contributed by atoms with Crippen LogP contribution in [0.3, 0.4) is 0 Å². The van der Waals surface area contributed by atoms with Crippen molar-refractivity contribution in [2.45, 2.75) is 52.8 Å².